The van der Waals surface area contributed by atoms with Gasteiger partial charge in [-0.3, -0.25) is 9.59 Å². The van der Waals surface area contributed by atoms with Crippen LogP contribution in [0.3, 0.4) is 0 Å². The summed E-state index contributed by atoms with van der Waals surface area (Å²) in [4.78, 5) is 31.4. The summed E-state index contributed by atoms with van der Waals surface area (Å²) in [6.45, 7) is 14.9. The van der Waals surface area contributed by atoms with E-state index < -0.39 is 0 Å². The zero-order valence-corrected chi connectivity index (χ0v) is 28.0. The third-order valence-electron chi connectivity index (χ3n) is 14.2. The van der Waals surface area contributed by atoms with Crippen LogP contribution in [0.4, 0.5) is 0 Å². The van der Waals surface area contributed by atoms with Crippen molar-refractivity contribution in [3.05, 3.63) is 0 Å². The van der Waals surface area contributed by atoms with Crippen molar-refractivity contribution in [2.75, 3.05) is 39.4 Å². The first kappa shape index (κ1) is 31.8. The highest BCUT2D eigenvalue weighted by Gasteiger charge is 2.64. The van der Waals surface area contributed by atoms with E-state index in [4.69, 9.17) is 9.47 Å². The second-order valence-electron chi connectivity index (χ2n) is 16.1. The minimum absolute atomic E-state index is 0.0163. The molecule has 6 nitrogen and oxygen atoms in total. The Kier molecular flexibility index (Phi) is 9.85. The average Bonchev–Trinajstić information content (AvgIpc) is 3.30. The van der Waals surface area contributed by atoms with Crippen LogP contribution in [-0.2, 0) is 19.1 Å². The van der Waals surface area contributed by atoms with Gasteiger partial charge in [-0.15, -0.1) is 0 Å². The summed E-state index contributed by atoms with van der Waals surface area (Å²) in [5.41, 5.74) is 0.573. The number of rotatable bonds is 8. The van der Waals surface area contributed by atoms with Crippen LogP contribution in [-0.4, -0.2) is 73.2 Å². The van der Waals surface area contributed by atoms with Crippen molar-refractivity contribution in [1.29, 1.82) is 0 Å². The summed E-state index contributed by atoms with van der Waals surface area (Å²) >= 11 is 0. The van der Waals surface area contributed by atoms with Gasteiger partial charge in [0, 0.05) is 18.5 Å². The van der Waals surface area contributed by atoms with Crippen molar-refractivity contribution < 1.29 is 19.1 Å². The lowest BCUT2D eigenvalue weighted by molar-refractivity contribution is -0.155. The van der Waals surface area contributed by atoms with Crippen LogP contribution in [0.5, 0.6) is 0 Å². The molecule has 0 unspecified atom stereocenters. The Morgan fingerprint density at radius 2 is 1.30 bits per heavy atom. The molecule has 0 aromatic heterocycles. The number of piperidine rings is 2. The minimum Gasteiger partial charge on any atom is -0.466 e. The number of hydrogen-bond donors (Lipinski definition) is 0. The van der Waals surface area contributed by atoms with Crippen molar-refractivity contribution in [3.8, 4) is 0 Å². The second-order valence-corrected chi connectivity index (χ2v) is 16.1. The van der Waals surface area contributed by atoms with Gasteiger partial charge >= 0.3 is 11.9 Å². The summed E-state index contributed by atoms with van der Waals surface area (Å²) in [6, 6.07) is 1.05. The predicted molar refractivity (Wildman–Crippen MR) is 170 cm³/mol. The summed E-state index contributed by atoms with van der Waals surface area (Å²) in [5.74, 6) is 3.86. The van der Waals surface area contributed by atoms with Crippen molar-refractivity contribution in [1.82, 2.24) is 9.80 Å². The Morgan fingerprint density at radius 3 is 1.93 bits per heavy atom. The lowest BCUT2D eigenvalue weighted by Gasteiger charge is -2.63. The number of nitrogens with zero attached hydrogens (tertiary/aromatic N) is 2. The number of likely N-dealkylation sites (tertiary alicyclic amines) is 2. The zero-order chi connectivity index (χ0) is 30.2. The molecule has 0 aromatic rings. The van der Waals surface area contributed by atoms with E-state index in [1.54, 1.807) is 0 Å². The maximum Gasteiger partial charge on any atom is 0.306 e. The molecule has 0 aromatic carbocycles. The van der Waals surface area contributed by atoms with Gasteiger partial charge in [-0.2, -0.15) is 0 Å². The SMILES string of the molecule is CCOC(=O)C[C@H]1C[C@@H]2CC[C@H]3[C@@H]4C[C@H](N5CCCCC5)[C@H](CC(=O)OCC)[C@@]4(C)CC[C@@H]3[C@@]2(C)C[C@@H]1N1CCCCC1. The average molecular weight is 599 g/mol. The van der Waals surface area contributed by atoms with Gasteiger partial charge in [0.1, 0.15) is 0 Å². The Morgan fingerprint density at radius 1 is 0.698 bits per heavy atom. The predicted octanol–water partition coefficient (Wildman–Crippen LogP) is 7.10. The molecular formula is C37H62N2O4. The molecule has 6 rings (SSSR count). The molecule has 43 heavy (non-hydrogen) atoms. The van der Waals surface area contributed by atoms with E-state index in [0.29, 0.717) is 67.2 Å². The Labute approximate surface area is 262 Å². The van der Waals surface area contributed by atoms with E-state index in [-0.39, 0.29) is 17.4 Å². The van der Waals surface area contributed by atoms with E-state index in [9.17, 15) is 9.59 Å². The van der Waals surface area contributed by atoms with Crippen LogP contribution in [0.1, 0.15) is 124 Å². The van der Waals surface area contributed by atoms with Crippen LogP contribution in [0, 0.1) is 46.3 Å². The van der Waals surface area contributed by atoms with Crippen LogP contribution >= 0.6 is 0 Å². The topological polar surface area (TPSA) is 59.1 Å². The fraction of sp³-hybridized carbons (Fsp3) is 0.946. The van der Waals surface area contributed by atoms with E-state index in [0.717, 1.165) is 11.8 Å². The normalized spacial score (nSPS) is 43.7. The molecule has 6 heteroatoms. The van der Waals surface area contributed by atoms with Crippen LogP contribution in [0.15, 0.2) is 0 Å². The first-order valence-electron chi connectivity index (χ1n) is 18.6. The quantitative estimate of drug-likeness (QED) is 0.278. The monoisotopic (exact) mass is 598 g/mol. The highest BCUT2D eigenvalue weighted by atomic mass is 16.5. The van der Waals surface area contributed by atoms with Crippen molar-refractivity contribution in [2.24, 2.45) is 46.3 Å². The minimum atomic E-state index is 0.0163. The molecule has 10 atom stereocenters. The third-order valence-corrected chi connectivity index (χ3v) is 14.2. The molecular weight excluding hydrogens is 536 g/mol. The third kappa shape index (κ3) is 6.07. The van der Waals surface area contributed by atoms with Gasteiger partial charge in [-0.1, -0.05) is 26.7 Å². The smallest absolute Gasteiger partial charge is 0.306 e. The number of carbonyl (C=O) groups is 2. The number of hydrogen-bond acceptors (Lipinski definition) is 6. The van der Waals surface area contributed by atoms with Gasteiger partial charge in [0.25, 0.3) is 0 Å². The molecule has 4 aliphatic carbocycles. The maximum absolute atomic E-state index is 13.0. The largest absolute Gasteiger partial charge is 0.466 e. The molecule has 2 saturated heterocycles. The Hall–Kier alpha value is -1.14. The van der Waals surface area contributed by atoms with Gasteiger partial charge in [0.05, 0.1) is 19.6 Å². The fourth-order valence-electron chi connectivity index (χ4n) is 12.2. The van der Waals surface area contributed by atoms with Gasteiger partial charge in [-0.25, -0.2) is 0 Å². The molecule has 0 N–H and O–H groups in total. The van der Waals surface area contributed by atoms with E-state index in [1.807, 2.05) is 13.8 Å². The number of carbonyl (C=O) groups excluding carboxylic acids is 2. The maximum atomic E-state index is 13.0. The molecule has 6 aliphatic rings. The molecule has 4 saturated carbocycles. The highest BCUT2D eigenvalue weighted by molar-refractivity contribution is 5.70. The molecule has 0 bridgehead atoms. The Balaban J connectivity index is 1.26. The summed E-state index contributed by atoms with van der Waals surface area (Å²) in [5, 5.41) is 0. The molecule has 6 fully saturated rings. The van der Waals surface area contributed by atoms with Crippen LogP contribution < -0.4 is 0 Å². The lowest BCUT2D eigenvalue weighted by Crippen LogP contribution is -2.59. The molecule has 0 spiro atoms. The van der Waals surface area contributed by atoms with Gasteiger partial charge in [0.15, 0.2) is 0 Å². The highest BCUT2D eigenvalue weighted by Crippen LogP contribution is 2.69. The van der Waals surface area contributed by atoms with E-state index >= 15 is 0 Å². The van der Waals surface area contributed by atoms with Crippen LogP contribution in [0.25, 0.3) is 0 Å². The molecule has 2 aliphatic heterocycles. The lowest BCUT2D eigenvalue weighted by atomic mass is 9.43. The summed E-state index contributed by atoms with van der Waals surface area (Å²) in [7, 11) is 0. The standard InChI is InChI=1S/C37H62N2O4/c1-5-42-34(40)22-26-21-27-13-14-28-29(37(27,4)25-33(26)39-19-11-8-12-20-39)15-16-36(3)30(28)23-32(38-17-9-7-10-18-38)31(36)24-35(41)43-6-2/h26-33H,5-25H2,1-4H3/t26-,27+,28-,29+,30+,31+,32+,33+,36+,37+/m1/s1. The van der Waals surface area contributed by atoms with Gasteiger partial charge in [-0.05, 0) is 157 Å². The number of esters is 2. The van der Waals surface area contributed by atoms with Gasteiger partial charge < -0.3 is 19.3 Å². The van der Waals surface area contributed by atoms with Crippen molar-refractivity contribution >= 4 is 11.9 Å². The van der Waals surface area contributed by atoms with E-state index in [1.165, 1.54) is 110 Å². The molecule has 0 amide bonds. The van der Waals surface area contributed by atoms with E-state index in [2.05, 4.69) is 23.6 Å². The first-order chi connectivity index (χ1) is 20.8. The first-order valence-corrected chi connectivity index (χ1v) is 18.6. The van der Waals surface area contributed by atoms with Crippen molar-refractivity contribution in [3.63, 3.8) is 0 Å². The van der Waals surface area contributed by atoms with Crippen molar-refractivity contribution in [2.45, 2.75) is 136 Å². The summed E-state index contributed by atoms with van der Waals surface area (Å²) < 4.78 is 11.1. The fourth-order valence-corrected chi connectivity index (χ4v) is 12.2. The molecule has 244 valence electrons. The number of ether oxygens (including phenoxy) is 2. The van der Waals surface area contributed by atoms with Crippen LogP contribution in [0.2, 0.25) is 0 Å². The second kappa shape index (κ2) is 13.3. The Bertz CT molecular complexity index is 976. The zero-order valence-electron chi connectivity index (χ0n) is 28.0. The number of fused-ring (bicyclic) bond motifs is 5. The molecule has 0 radical (unpaired) electrons. The molecule has 2 heterocycles. The summed E-state index contributed by atoms with van der Waals surface area (Å²) in [6.07, 6.45) is 18.1. The van der Waals surface area contributed by atoms with Gasteiger partial charge in [0.2, 0.25) is 0 Å².